The van der Waals surface area contributed by atoms with Crippen molar-refractivity contribution < 1.29 is 26.7 Å². The highest BCUT2D eigenvalue weighted by Gasteiger charge is 2.30. The van der Waals surface area contributed by atoms with Crippen LogP contribution in [0.3, 0.4) is 0 Å². The molecule has 0 amide bonds. The molecule has 35 heavy (non-hydrogen) atoms. The second kappa shape index (κ2) is 11.0. The summed E-state index contributed by atoms with van der Waals surface area (Å²) >= 11 is 0. The Hall–Kier alpha value is -3.95. The van der Waals surface area contributed by atoms with Gasteiger partial charge in [0.2, 0.25) is 5.89 Å². The van der Waals surface area contributed by atoms with Gasteiger partial charge in [0.25, 0.3) is 0 Å². The summed E-state index contributed by atoms with van der Waals surface area (Å²) in [5, 5.41) is 7.73. The van der Waals surface area contributed by atoms with Crippen LogP contribution in [0.5, 0.6) is 5.75 Å². The number of ether oxygens (including phenoxy) is 1. The molecule has 10 heteroatoms. The van der Waals surface area contributed by atoms with Gasteiger partial charge in [0.05, 0.1) is 11.8 Å². The Labute approximate surface area is 198 Å². The van der Waals surface area contributed by atoms with Crippen molar-refractivity contribution in [2.45, 2.75) is 38.6 Å². The summed E-state index contributed by atoms with van der Waals surface area (Å²) in [4.78, 5) is 4.22. The minimum atomic E-state index is -4.60. The van der Waals surface area contributed by atoms with E-state index in [2.05, 4.69) is 15.3 Å². The second-order valence-corrected chi connectivity index (χ2v) is 7.80. The molecule has 0 saturated heterocycles. The van der Waals surface area contributed by atoms with Crippen molar-refractivity contribution in [3.63, 3.8) is 0 Å². The van der Waals surface area contributed by atoms with Crippen LogP contribution in [0.15, 0.2) is 65.5 Å². The maximum atomic E-state index is 13.9. The lowest BCUT2D eigenvalue weighted by atomic mass is 10.1. The molecular formula is C25H22F4N4O2. The van der Waals surface area contributed by atoms with Crippen molar-refractivity contribution in [1.29, 1.82) is 0 Å². The summed E-state index contributed by atoms with van der Waals surface area (Å²) in [6.07, 6.45) is 6.00. The summed E-state index contributed by atoms with van der Waals surface area (Å²) in [5.41, 5.74) is 0.682. The van der Waals surface area contributed by atoms with Gasteiger partial charge < -0.3 is 9.15 Å². The van der Waals surface area contributed by atoms with Crippen LogP contribution in [0.4, 0.5) is 17.6 Å². The summed E-state index contributed by atoms with van der Waals surface area (Å²) in [6, 6.07) is 10.1. The molecule has 182 valence electrons. The van der Waals surface area contributed by atoms with E-state index in [-0.39, 0.29) is 18.1 Å². The minimum Gasteiger partial charge on any atom is -0.487 e. The third-order valence-corrected chi connectivity index (χ3v) is 5.19. The molecule has 0 bridgehead atoms. The van der Waals surface area contributed by atoms with E-state index in [4.69, 9.17) is 9.15 Å². The van der Waals surface area contributed by atoms with Crippen molar-refractivity contribution in [2.24, 2.45) is 0 Å². The molecule has 4 rings (SSSR count). The smallest absolute Gasteiger partial charge is 0.416 e. The number of rotatable bonds is 10. The maximum absolute atomic E-state index is 13.9. The number of unbranched alkanes of at least 4 members (excludes halogenated alkanes) is 1. The molecule has 2 aromatic heterocycles. The Morgan fingerprint density at radius 3 is 2.57 bits per heavy atom. The lowest BCUT2D eigenvalue weighted by molar-refractivity contribution is -0.137. The molecule has 0 N–H and O–H groups in total. The van der Waals surface area contributed by atoms with Gasteiger partial charge in [0, 0.05) is 24.4 Å². The van der Waals surface area contributed by atoms with Gasteiger partial charge in [-0.2, -0.15) is 13.2 Å². The van der Waals surface area contributed by atoms with Gasteiger partial charge in [0.15, 0.2) is 0 Å². The summed E-state index contributed by atoms with van der Waals surface area (Å²) in [7, 11) is 0. The monoisotopic (exact) mass is 486 g/mol. The van der Waals surface area contributed by atoms with Crippen LogP contribution >= 0.6 is 0 Å². The van der Waals surface area contributed by atoms with Crippen molar-refractivity contribution >= 4 is 12.2 Å². The molecule has 0 unspecified atom stereocenters. The predicted molar refractivity (Wildman–Crippen MR) is 121 cm³/mol. The molecule has 0 aliphatic carbocycles. The van der Waals surface area contributed by atoms with Crippen LogP contribution in [0.1, 0.15) is 41.1 Å². The fraction of sp³-hybridized carbons (Fsp3) is 0.240. The van der Waals surface area contributed by atoms with E-state index in [1.54, 1.807) is 6.20 Å². The fourth-order valence-corrected chi connectivity index (χ4v) is 3.33. The first-order chi connectivity index (χ1) is 16.9. The van der Waals surface area contributed by atoms with Gasteiger partial charge in [-0.15, -0.1) is 5.10 Å². The Morgan fingerprint density at radius 1 is 1.03 bits per heavy atom. The van der Waals surface area contributed by atoms with E-state index in [0.717, 1.165) is 37.9 Å². The minimum absolute atomic E-state index is 0.00696. The van der Waals surface area contributed by atoms with E-state index < -0.39 is 17.6 Å². The highest BCUT2D eigenvalue weighted by molar-refractivity contribution is 5.66. The standard InChI is InChI=1S/C25H22F4N4O2/c26-23-15-20(25(27,28)29)8-6-19(23)7-11-24-31-21(17-35-24)16-34-22-9-4-18(5-10-22)3-1-2-13-33-14-12-30-32-33/h4-12,14-15,17H,1-3,13,16H2/b11-7+. The van der Waals surface area contributed by atoms with Crippen LogP contribution < -0.4 is 4.74 Å². The van der Waals surface area contributed by atoms with Crippen molar-refractivity contribution in [3.05, 3.63) is 95.2 Å². The zero-order chi connectivity index (χ0) is 24.7. The van der Waals surface area contributed by atoms with Gasteiger partial charge in [-0.3, -0.25) is 4.68 Å². The van der Waals surface area contributed by atoms with E-state index in [9.17, 15) is 17.6 Å². The van der Waals surface area contributed by atoms with E-state index >= 15 is 0 Å². The van der Waals surface area contributed by atoms with Crippen LogP contribution in [0.25, 0.3) is 12.2 Å². The molecule has 2 aromatic carbocycles. The van der Waals surface area contributed by atoms with Crippen molar-refractivity contribution in [3.8, 4) is 5.75 Å². The molecule has 0 atom stereocenters. The van der Waals surface area contributed by atoms with E-state index in [1.165, 1.54) is 24.0 Å². The molecule has 0 fully saturated rings. The maximum Gasteiger partial charge on any atom is 0.416 e. The molecule has 0 radical (unpaired) electrons. The number of hydrogen-bond donors (Lipinski definition) is 0. The normalized spacial score (nSPS) is 11.9. The van der Waals surface area contributed by atoms with Gasteiger partial charge >= 0.3 is 6.18 Å². The molecule has 2 heterocycles. The van der Waals surface area contributed by atoms with Crippen LogP contribution in [0, 0.1) is 5.82 Å². The Morgan fingerprint density at radius 2 is 1.86 bits per heavy atom. The van der Waals surface area contributed by atoms with E-state index in [0.29, 0.717) is 17.5 Å². The van der Waals surface area contributed by atoms with Gasteiger partial charge in [0.1, 0.15) is 30.1 Å². The van der Waals surface area contributed by atoms with Gasteiger partial charge in [-0.1, -0.05) is 23.4 Å². The predicted octanol–water partition coefficient (Wildman–Crippen LogP) is 6.20. The number of aromatic nitrogens is 4. The molecule has 0 aliphatic rings. The number of hydrogen-bond acceptors (Lipinski definition) is 5. The summed E-state index contributed by atoms with van der Waals surface area (Å²) in [5.74, 6) is -0.114. The first kappa shape index (κ1) is 24.2. The molecule has 0 aliphatic heterocycles. The number of halogens is 4. The van der Waals surface area contributed by atoms with Crippen LogP contribution in [-0.4, -0.2) is 20.0 Å². The number of oxazole rings is 1. The molecule has 0 spiro atoms. The Bertz CT molecular complexity index is 1250. The molecular weight excluding hydrogens is 464 g/mol. The highest BCUT2D eigenvalue weighted by atomic mass is 19.4. The number of alkyl halides is 3. The SMILES string of the molecule is Fc1cc(C(F)(F)F)ccc1/C=C/c1nc(COc2ccc(CCCCn3ccnn3)cc2)co1. The Kier molecular flexibility index (Phi) is 7.59. The highest BCUT2D eigenvalue weighted by Crippen LogP contribution is 2.30. The van der Waals surface area contributed by atoms with Gasteiger partial charge in [-0.05, 0) is 55.2 Å². The molecule has 0 saturated carbocycles. The quantitative estimate of drug-likeness (QED) is 0.197. The lowest BCUT2D eigenvalue weighted by Gasteiger charge is -2.07. The van der Waals surface area contributed by atoms with Crippen LogP contribution in [-0.2, 0) is 25.7 Å². The zero-order valence-electron chi connectivity index (χ0n) is 18.6. The lowest BCUT2D eigenvalue weighted by Crippen LogP contribution is -2.05. The molecule has 6 nitrogen and oxygen atoms in total. The van der Waals surface area contributed by atoms with Gasteiger partial charge in [-0.25, -0.2) is 9.37 Å². The van der Waals surface area contributed by atoms with Crippen LogP contribution in [0.2, 0.25) is 0 Å². The number of benzene rings is 2. The third kappa shape index (κ3) is 7.02. The zero-order valence-corrected chi connectivity index (χ0v) is 18.6. The first-order valence-corrected chi connectivity index (χ1v) is 10.9. The van der Waals surface area contributed by atoms with Crippen molar-refractivity contribution in [2.75, 3.05) is 0 Å². The number of nitrogens with zero attached hydrogens (tertiary/aromatic N) is 4. The molecule has 4 aromatic rings. The summed E-state index contributed by atoms with van der Waals surface area (Å²) < 4.78 is 64.7. The fourth-order valence-electron chi connectivity index (χ4n) is 3.33. The topological polar surface area (TPSA) is 66.0 Å². The van der Waals surface area contributed by atoms with Crippen molar-refractivity contribution in [1.82, 2.24) is 20.0 Å². The largest absolute Gasteiger partial charge is 0.487 e. The average molecular weight is 486 g/mol. The first-order valence-electron chi connectivity index (χ1n) is 10.9. The number of aryl methyl sites for hydroxylation is 2. The Balaban J connectivity index is 1.24. The van der Waals surface area contributed by atoms with E-state index in [1.807, 2.05) is 35.1 Å². The average Bonchev–Trinajstić information content (AvgIpc) is 3.52. The third-order valence-electron chi connectivity index (χ3n) is 5.19. The second-order valence-electron chi connectivity index (χ2n) is 7.80. The summed E-state index contributed by atoms with van der Waals surface area (Å²) in [6.45, 7) is 1.01.